The number of hydrogen-bond acceptors (Lipinski definition) is 5. The summed E-state index contributed by atoms with van der Waals surface area (Å²) in [6, 6.07) is 14.3. The van der Waals surface area contributed by atoms with Crippen LogP contribution in [0.4, 0.5) is 10.1 Å². The Morgan fingerprint density at radius 2 is 1.64 bits per heavy atom. The van der Waals surface area contributed by atoms with Crippen molar-refractivity contribution in [3.05, 3.63) is 83.1 Å². The Balaban J connectivity index is 1.30. The number of piperazine rings is 1. The molecule has 0 saturated carbocycles. The van der Waals surface area contributed by atoms with E-state index < -0.39 is 0 Å². The zero-order chi connectivity index (χ0) is 25.2. The van der Waals surface area contributed by atoms with Gasteiger partial charge >= 0.3 is 0 Å². The van der Waals surface area contributed by atoms with Gasteiger partial charge in [-0.2, -0.15) is 5.10 Å². The molecule has 186 valence electrons. The van der Waals surface area contributed by atoms with Crippen molar-refractivity contribution in [2.75, 3.05) is 38.0 Å². The second-order valence-corrected chi connectivity index (χ2v) is 9.32. The number of benzene rings is 2. The number of nitrogens with one attached hydrogen (secondary N) is 1. The van der Waals surface area contributed by atoms with Gasteiger partial charge in [-0.15, -0.1) is 0 Å². The van der Waals surface area contributed by atoms with Gasteiger partial charge in [-0.3, -0.25) is 9.69 Å². The van der Waals surface area contributed by atoms with Gasteiger partial charge in [0.05, 0.1) is 17.0 Å². The van der Waals surface area contributed by atoms with Crippen LogP contribution in [0.2, 0.25) is 0 Å². The van der Waals surface area contributed by atoms with Crippen LogP contribution in [0.5, 0.6) is 0 Å². The Bertz CT molecular complexity index is 1370. The summed E-state index contributed by atoms with van der Waals surface area (Å²) < 4.78 is 15.1. The van der Waals surface area contributed by atoms with E-state index in [1.807, 2.05) is 26.0 Å². The fourth-order valence-electron chi connectivity index (χ4n) is 4.79. The Kier molecular flexibility index (Phi) is 6.80. The van der Waals surface area contributed by atoms with Gasteiger partial charge in [0.1, 0.15) is 5.82 Å². The summed E-state index contributed by atoms with van der Waals surface area (Å²) >= 11 is 0. The van der Waals surface area contributed by atoms with Crippen LogP contribution in [-0.4, -0.2) is 63.0 Å². The van der Waals surface area contributed by atoms with E-state index in [-0.39, 0.29) is 11.7 Å². The second-order valence-electron chi connectivity index (χ2n) is 9.32. The molecule has 0 spiro atoms. The molecular weight excluding hydrogens is 455 g/mol. The van der Waals surface area contributed by atoms with E-state index in [2.05, 4.69) is 44.3 Å². The molecule has 0 radical (unpaired) electrons. The minimum atomic E-state index is -0.293. The maximum Gasteiger partial charge on any atom is 0.259 e. The lowest BCUT2D eigenvalue weighted by atomic mass is 10.1. The summed E-state index contributed by atoms with van der Waals surface area (Å²) in [5.41, 5.74) is 6.18. The fourth-order valence-corrected chi connectivity index (χ4v) is 4.79. The molecular formula is C28H31FN6O. The average Bonchev–Trinajstić information content (AvgIpc) is 3.23. The summed E-state index contributed by atoms with van der Waals surface area (Å²) in [5.74, 6) is -0.527. The van der Waals surface area contributed by atoms with E-state index in [0.29, 0.717) is 16.9 Å². The van der Waals surface area contributed by atoms with E-state index in [4.69, 9.17) is 0 Å². The highest BCUT2D eigenvalue weighted by Crippen LogP contribution is 2.28. The minimum absolute atomic E-state index is 0.234. The van der Waals surface area contributed by atoms with Crippen LogP contribution in [0.15, 0.2) is 54.7 Å². The summed E-state index contributed by atoms with van der Waals surface area (Å²) in [6.45, 7) is 12.4. The molecule has 4 aromatic rings. The first-order valence-electron chi connectivity index (χ1n) is 12.4. The van der Waals surface area contributed by atoms with E-state index in [1.54, 1.807) is 22.8 Å². The second kappa shape index (κ2) is 10.2. The summed E-state index contributed by atoms with van der Waals surface area (Å²) in [6.07, 6.45) is 1.58. The maximum atomic E-state index is 13.4. The van der Waals surface area contributed by atoms with Crippen molar-refractivity contribution in [2.24, 2.45) is 0 Å². The number of hydrogen-bond donors (Lipinski definition) is 1. The van der Waals surface area contributed by atoms with E-state index in [0.717, 1.165) is 61.8 Å². The molecule has 2 aromatic heterocycles. The predicted octanol–water partition coefficient (Wildman–Crippen LogP) is 4.54. The molecule has 3 heterocycles. The molecule has 0 unspecified atom stereocenters. The number of carbonyl (C=O) groups is 1. The van der Waals surface area contributed by atoms with Gasteiger partial charge in [0.2, 0.25) is 0 Å². The molecule has 7 nitrogen and oxygen atoms in total. The van der Waals surface area contributed by atoms with Gasteiger partial charge in [0.15, 0.2) is 5.65 Å². The van der Waals surface area contributed by atoms with Gasteiger partial charge in [-0.25, -0.2) is 13.9 Å². The summed E-state index contributed by atoms with van der Waals surface area (Å²) in [4.78, 5) is 22.6. The lowest BCUT2D eigenvalue weighted by molar-refractivity contribution is 0.102. The quantitative estimate of drug-likeness (QED) is 0.433. The van der Waals surface area contributed by atoms with Crippen molar-refractivity contribution in [3.63, 3.8) is 0 Å². The van der Waals surface area contributed by atoms with Gasteiger partial charge in [-0.1, -0.05) is 31.2 Å². The van der Waals surface area contributed by atoms with Crippen LogP contribution in [-0.2, 0) is 6.54 Å². The van der Waals surface area contributed by atoms with Crippen LogP contribution < -0.4 is 5.32 Å². The summed E-state index contributed by atoms with van der Waals surface area (Å²) in [7, 11) is 0. The summed E-state index contributed by atoms with van der Waals surface area (Å²) in [5, 5.41) is 7.60. The SMILES string of the molecule is CCN1CCN(Cc2ccc(NC(=O)c3cnc4c(-c5ccc(F)cc5)c(C)nn4c3C)cc2)CC1. The standard InChI is InChI=1S/C28H31FN6O/c1-4-33-13-15-34(16-14-33)18-21-5-11-24(12-6-21)31-28(36)25-17-30-27-26(19(2)32-35(27)20(25)3)22-7-9-23(29)10-8-22/h5-12,17H,4,13-16,18H2,1-3H3,(H,31,36). The van der Waals surface area contributed by atoms with Crippen molar-refractivity contribution in [2.45, 2.75) is 27.3 Å². The maximum absolute atomic E-state index is 13.4. The topological polar surface area (TPSA) is 65.8 Å². The number of aromatic nitrogens is 3. The van der Waals surface area contributed by atoms with Gasteiger partial charge in [0, 0.05) is 50.2 Å². The van der Waals surface area contributed by atoms with Crippen LogP contribution in [0, 0.1) is 19.7 Å². The molecule has 8 heteroatoms. The number of nitrogens with zero attached hydrogens (tertiary/aromatic N) is 5. The molecule has 1 amide bonds. The molecule has 5 rings (SSSR count). The third-order valence-corrected chi connectivity index (χ3v) is 6.97. The molecule has 0 aliphatic carbocycles. The van der Waals surface area contributed by atoms with Gasteiger partial charge < -0.3 is 10.2 Å². The first-order chi connectivity index (χ1) is 17.4. The lowest BCUT2D eigenvalue weighted by Crippen LogP contribution is -2.45. The highest BCUT2D eigenvalue weighted by atomic mass is 19.1. The molecule has 36 heavy (non-hydrogen) atoms. The highest BCUT2D eigenvalue weighted by molar-refractivity contribution is 6.05. The average molecular weight is 487 g/mol. The molecule has 1 aliphatic heterocycles. The molecule has 1 saturated heterocycles. The molecule has 1 fully saturated rings. The first-order valence-corrected chi connectivity index (χ1v) is 12.4. The molecule has 2 aromatic carbocycles. The predicted molar refractivity (Wildman–Crippen MR) is 140 cm³/mol. The van der Waals surface area contributed by atoms with Crippen molar-refractivity contribution in [1.82, 2.24) is 24.4 Å². The number of halogens is 1. The fraction of sp³-hybridized carbons (Fsp3) is 0.321. The smallest absolute Gasteiger partial charge is 0.259 e. The lowest BCUT2D eigenvalue weighted by Gasteiger charge is -2.34. The number of amides is 1. The van der Waals surface area contributed by atoms with E-state index >= 15 is 0 Å². The Labute approximate surface area is 210 Å². The highest BCUT2D eigenvalue weighted by Gasteiger charge is 2.19. The largest absolute Gasteiger partial charge is 0.322 e. The Hall–Kier alpha value is -3.62. The van der Waals surface area contributed by atoms with Crippen molar-refractivity contribution in [1.29, 1.82) is 0 Å². The number of anilines is 1. The van der Waals surface area contributed by atoms with Crippen LogP contribution in [0.25, 0.3) is 16.8 Å². The normalized spacial score (nSPS) is 14.9. The molecule has 0 bridgehead atoms. The minimum Gasteiger partial charge on any atom is -0.322 e. The van der Waals surface area contributed by atoms with E-state index in [9.17, 15) is 9.18 Å². The third kappa shape index (κ3) is 4.87. The number of aryl methyl sites for hydroxylation is 2. The first kappa shape index (κ1) is 24.1. The van der Waals surface area contributed by atoms with Gasteiger partial charge in [0.25, 0.3) is 5.91 Å². The van der Waals surface area contributed by atoms with Crippen molar-refractivity contribution < 1.29 is 9.18 Å². The van der Waals surface area contributed by atoms with Crippen LogP contribution in [0.1, 0.15) is 34.2 Å². The van der Waals surface area contributed by atoms with Gasteiger partial charge in [-0.05, 0) is 55.8 Å². The third-order valence-electron chi connectivity index (χ3n) is 6.97. The number of rotatable bonds is 6. The monoisotopic (exact) mass is 486 g/mol. The number of fused-ring (bicyclic) bond motifs is 1. The van der Waals surface area contributed by atoms with Crippen molar-refractivity contribution in [3.8, 4) is 11.1 Å². The zero-order valence-electron chi connectivity index (χ0n) is 21.0. The zero-order valence-corrected chi connectivity index (χ0v) is 21.0. The number of likely N-dealkylation sites (N-methyl/N-ethyl adjacent to an activating group) is 1. The molecule has 1 aliphatic rings. The van der Waals surface area contributed by atoms with Crippen LogP contribution in [0.3, 0.4) is 0 Å². The molecule has 1 N–H and O–H groups in total. The van der Waals surface area contributed by atoms with Crippen molar-refractivity contribution >= 4 is 17.2 Å². The van der Waals surface area contributed by atoms with E-state index in [1.165, 1.54) is 17.7 Å². The Morgan fingerprint density at radius 3 is 2.31 bits per heavy atom. The Morgan fingerprint density at radius 1 is 0.972 bits per heavy atom. The number of carbonyl (C=O) groups excluding carboxylic acids is 1. The molecule has 0 atom stereocenters. The van der Waals surface area contributed by atoms with Crippen LogP contribution >= 0.6 is 0 Å².